The highest BCUT2D eigenvalue weighted by molar-refractivity contribution is 6.30. The van der Waals surface area contributed by atoms with Gasteiger partial charge in [-0.1, -0.05) is 23.7 Å². The highest BCUT2D eigenvalue weighted by atomic mass is 35.5. The van der Waals surface area contributed by atoms with Gasteiger partial charge in [0.1, 0.15) is 23.2 Å². The van der Waals surface area contributed by atoms with Crippen LogP contribution in [-0.4, -0.2) is 37.5 Å². The van der Waals surface area contributed by atoms with Crippen molar-refractivity contribution in [2.24, 2.45) is 0 Å². The van der Waals surface area contributed by atoms with Crippen molar-refractivity contribution in [3.05, 3.63) is 70.3 Å². The number of nitriles is 1. The molecule has 192 valence electrons. The lowest BCUT2D eigenvalue weighted by molar-refractivity contribution is 0.0214. The normalized spacial score (nSPS) is 19.3. The predicted octanol–water partition coefficient (Wildman–Crippen LogP) is 6.15. The van der Waals surface area contributed by atoms with E-state index in [-0.39, 0.29) is 18.6 Å². The molecular formula is C28H30ClN5O3. The number of ether oxygens (including phenoxy) is 2. The van der Waals surface area contributed by atoms with Gasteiger partial charge in [0.2, 0.25) is 0 Å². The van der Waals surface area contributed by atoms with Gasteiger partial charge in [0, 0.05) is 10.9 Å². The van der Waals surface area contributed by atoms with Crippen molar-refractivity contribution in [3.63, 3.8) is 0 Å². The number of halogens is 1. The minimum Gasteiger partial charge on any atom is -0.489 e. The van der Waals surface area contributed by atoms with E-state index in [2.05, 4.69) is 20.8 Å². The first-order chi connectivity index (χ1) is 17.7. The minimum absolute atomic E-state index is 0.0472. The van der Waals surface area contributed by atoms with Gasteiger partial charge in [-0.15, -0.1) is 10.2 Å². The molecule has 8 nitrogen and oxygen atoms in total. The number of hydrogen-bond acceptors (Lipinski definition) is 6. The maximum Gasteiger partial charge on any atom is 0.411 e. The van der Waals surface area contributed by atoms with Gasteiger partial charge in [-0.3, -0.25) is 9.47 Å². The number of benzene rings is 2. The molecule has 0 atom stereocenters. The van der Waals surface area contributed by atoms with Crippen LogP contribution in [0.25, 0.3) is 5.69 Å². The first-order valence-corrected chi connectivity index (χ1v) is 13.0. The fraction of sp³-hybridized carbons (Fsp3) is 0.429. The third-order valence-corrected chi connectivity index (χ3v) is 6.96. The summed E-state index contributed by atoms with van der Waals surface area (Å²) >= 11 is 6.35. The maximum absolute atomic E-state index is 13.0. The Labute approximate surface area is 221 Å². The van der Waals surface area contributed by atoms with Crippen LogP contribution in [0.1, 0.15) is 75.1 Å². The van der Waals surface area contributed by atoms with Crippen molar-refractivity contribution in [1.29, 1.82) is 5.26 Å². The zero-order valence-electron chi connectivity index (χ0n) is 21.3. The maximum atomic E-state index is 13.0. The van der Waals surface area contributed by atoms with E-state index in [0.717, 1.165) is 42.8 Å². The van der Waals surface area contributed by atoms with Crippen LogP contribution in [-0.2, 0) is 17.8 Å². The molecule has 2 heterocycles. The van der Waals surface area contributed by atoms with E-state index in [0.29, 0.717) is 28.7 Å². The summed E-state index contributed by atoms with van der Waals surface area (Å²) in [4.78, 5) is 14.6. The number of carbonyl (C=O) groups excluding carboxylic acids is 1. The summed E-state index contributed by atoms with van der Waals surface area (Å²) in [5, 5.41) is 19.1. The number of nitrogens with zero attached hydrogens (tertiary/aromatic N) is 5. The number of hydrogen-bond donors (Lipinski definition) is 0. The molecule has 3 aromatic rings. The van der Waals surface area contributed by atoms with Crippen molar-refractivity contribution in [1.82, 2.24) is 19.7 Å². The van der Waals surface area contributed by atoms with E-state index in [1.54, 1.807) is 11.0 Å². The number of rotatable bonds is 3. The summed E-state index contributed by atoms with van der Waals surface area (Å²) in [7, 11) is 0. The average Bonchev–Trinajstić information content (AvgIpc) is 3.19. The Morgan fingerprint density at radius 1 is 1.08 bits per heavy atom. The largest absolute Gasteiger partial charge is 0.489 e. The van der Waals surface area contributed by atoms with Crippen molar-refractivity contribution in [2.75, 3.05) is 0 Å². The van der Waals surface area contributed by atoms with Gasteiger partial charge < -0.3 is 9.47 Å². The quantitative estimate of drug-likeness (QED) is 0.412. The van der Waals surface area contributed by atoms with Gasteiger partial charge in [-0.05, 0) is 82.3 Å². The smallest absolute Gasteiger partial charge is 0.411 e. The van der Waals surface area contributed by atoms with Crippen LogP contribution in [0.5, 0.6) is 5.75 Å². The number of aromatic nitrogens is 3. The van der Waals surface area contributed by atoms with E-state index in [1.165, 1.54) is 0 Å². The standard InChI is InChI=1S/C28H30ClN5O3/c1-28(2,3)37-27(35)33-16-20-14-21(29)10-13-23(20)34-25(17-33)31-32-26(34)18-8-11-22(12-9-18)36-24-7-5-4-6-19(24)15-30/h4-7,10,13-14,18,22H,8-9,11-12,16-17H2,1-3H3. The summed E-state index contributed by atoms with van der Waals surface area (Å²) in [6, 6.07) is 15.3. The van der Waals surface area contributed by atoms with E-state index >= 15 is 0 Å². The summed E-state index contributed by atoms with van der Waals surface area (Å²) in [6.07, 6.45) is 3.12. The highest BCUT2D eigenvalue weighted by Crippen LogP contribution is 2.37. The average molecular weight is 520 g/mol. The molecule has 0 spiro atoms. The molecule has 1 aliphatic carbocycles. The minimum atomic E-state index is -0.603. The zero-order chi connectivity index (χ0) is 26.2. The Hall–Kier alpha value is -3.57. The predicted molar refractivity (Wildman–Crippen MR) is 139 cm³/mol. The molecule has 2 aromatic carbocycles. The lowest BCUT2D eigenvalue weighted by Crippen LogP contribution is -2.35. The molecule has 0 radical (unpaired) electrons. The van der Waals surface area contributed by atoms with Crippen molar-refractivity contribution in [2.45, 2.75) is 77.2 Å². The third-order valence-electron chi connectivity index (χ3n) is 6.72. The second kappa shape index (κ2) is 10.1. The molecule has 1 aromatic heterocycles. The number of carbonyl (C=O) groups is 1. The Balaban J connectivity index is 1.39. The van der Waals surface area contributed by atoms with Crippen molar-refractivity contribution < 1.29 is 14.3 Å². The molecule has 2 aliphatic rings. The topological polar surface area (TPSA) is 93.3 Å². The van der Waals surface area contributed by atoms with Gasteiger partial charge in [0.25, 0.3) is 0 Å². The van der Waals surface area contributed by atoms with E-state index < -0.39 is 11.7 Å². The molecule has 1 amide bonds. The van der Waals surface area contributed by atoms with E-state index in [1.807, 2.05) is 57.2 Å². The van der Waals surface area contributed by atoms with Crippen molar-refractivity contribution >= 4 is 17.7 Å². The molecule has 1 fully saturated rings. The second-order valence-electron chi connectivity index (χ2n) is 10.6. The van der Waals surface area contributed by atoms with Crippen LogP contribution >= 0.6 is 11.6 Å². The molecule has 0 unspecified atom stereocenters. The first-order valence-electron chi connectivity index (χ1n) is 12.6. The van der Waals surface area contributed by atoms with Crippen LogP contribution < -0.4 is 4.74 Å². The molecule has 0 N–H and O–H groups in total. The monoisotopic (exact) mass is 519 g/mol. The Morgan fingerprint density at radius 3 is 2.57 bits per heavy atom. The van der Waals surface area contributed by atoms with Gasteiger partial charge in [0.05, 0.1) is 30.4 Å². The second-order valence-corrected chi connectivity index (χ2v) is 11.1. The van der Waals surface area contributed by atoms with Crippen LogP contribution in [0, 0.1) is 11.3 Å². The molecule has 0 bridgehead atoms. The fourth-order valence-corrected chi connectivity index (χ4v) is 5.22. The summed E-state index contributed by atoms with van der Waals surface area (Å²) in [5.41, 5.74) is 1.81. The number of para-hydroxylation sites is 1. The number of fused-ring (bicyclic) bond motifs is 3. The van der Waals surface area contributed by atoms with Gasteiger partial charge in [-0.25, -0.2) is 4.79 Å². The van der Waals surface area contributed by atoms with Crippen LogP contribution in [0.4, 0.5) is 4.79 Å². The Kier molecular flexibility index (Phi) is 6.82. The first kappa shape index (κ1) is 25.1. The van der Waals surface area contributed by atoms with Crippen LogP contribution in [0.2, 0.25) is 5.02 Å². The van der Waals surface area contributed by atoms with E-state index in [9.17, 15) is 10.1 Å². The molecule has 1 saturated carbocycles. The van der Waals surface area contributed by atoms with Crippen LogP contribution in [0.3, 0.4) is 0 Å². The Morgan fingerprint density at radius 2 is 1.84 bits per heavy atom. The fourth-order valence-electron chi connectivity index (χ4n) is 5.03. The third kappa shape index (κ3) is 5.42. The van der Waals surface area contributed by atoms with Crippen molar-refractivity contribution in [3.8, 4) is 17.5 Å². The van der Waals surface area contributed by atoms with Gasteiger partial charge in [0.15, 0.2) is 5.82 Å². The molecule has 37 heavy (non-hydrogen) atoms. The molecular weight excluding hydrogens is 490 g/mol. The van der Waals surface area contributed by atoms with Gasteiger partial charge >= 0.3 is 6.09 Å². The molecule has 0 saturated heterocycles. The lowest BCUT2D eigenvalue weighted by Gasteiger charge is -2.29. The van der Waals surface area contributed by atoms with E-state index in [4.69, 9.17) is 21.1 Å². The van der Waals surface area contributed by atoms with Gasteiger partial charge in [-0.2, -0.15) is 5.26 Å². The highest BCUT2D eigenvalue weighted by Gasteiger charge is 2.33. The molecule has 9 heteroatoms. The number of amides is 1. The Bertz CT molecular complexity index is 1350. The lowest BCUT2D eigenvalue weighted by atomic mass is 9.86. The molecule has 1 aliphatic heterocycles. The summed E-state index contributed by atoms with van der Waals surface area (Å²) in [6.45, 7) is 6.22. The summed E-state index contributed by atoms with van der Waals surface area (Å²) in [5.74, 6) is 2.42. The SMILES string of the molecule is CC(C)(C)OC(=O)N1Cc2cc(Cl)ccc2-n2c(nnc2C2CCC(Oc3ccccc3C#N)CC2)C1. The summed E-state index contributed by atoms with van der Waals surface area (Å²) < 4.78 is 13.9. The van der Waals surface area contributed by atoms with Crippen LogP contribution in [0.15, 0.2) is 42.5 Å². The molecule has 5 rings (SSSR count). The zero-order valence-corrected chi connectivity index (χ0v) is 22.0.